The van der Waals surface area contributed by atoms with E-state index < -0.39 is 0 Å². The number of carbonyl (C=O) groups excluding carboxylic acids is 1. The molecule has 0 aromatic heterocycles. The van der Waals surface area contributed by atoms with Crippen molar-refractivity contribution in [2.24, 2.45) is 17.3 Å². The Morgan fingerprint density at radius 1 is 1.09 bits per heavy atom. The van der Waals surface area contributed by atoms with E-state index in [1.165, 1.54) is 65.2 Å². The van der Waals surface area contributed by atoms with E-state index >= 15 is 0 Å². The quantitative estimate of drug-likeness (QED) is 0.782. The molecule has 1 N–H and O–H groups in total. The van der Waals surface area contributed by atoms with E-state index in [4.69, 9.17) is 0 Å². The Morgan fingerprint density at radius 2 is 1.70 bits per heavy atom. The number of likely N-dealkylation sites (tertiary alicyclic amines) is 1. The molecule has 1 saturated carbocycles. The molecule has 0 bridgehead atoms. The monoisotopic (exact) mass is 322 g/mol. The van der Waals surface area contributed by atoms with Crippen LogP contribution in [0, 0.1) is 17.3 Å². The van der Waals surface area contributed by atoms with Crippen LogP contribution in [0.4, 0.5) is 0 Å². The number of likely N-dealkylation sites (N-methyl/N-ethyl adjacent to an activating group) is 1. The highest BCUT2D eigenvalue weighted by molar-refractivity contribution is 5.77. The first-order valence-corrected chi connectivity index (χ1v) is 9.37. The van der Waals surface area contributed by atoms with E-state index in [2.05, 4.69) is 27.1 Å². The summed E-state index contributed by atoms with van der Waals surface area (Å²) in [5.74, 6) is 1.03. The van der Waals surface area contributed by atoms with Gasteiger partial charge in [0.25, 0.3) is 0 Å². The molecule has 1 spiro atoms. The van der Waals surface area contributed by atoms with Gasteiger partial charge < -0.3 is 15.1 Å². The summed E-state index contributed by atoms with van der Waals surface area (Å²) < 4.78 is 0. The summed E-state index contributed by atoms with van der Waals surface area (Å²) in [5, 5.41) is 3.09. The lowest BCUT2D eigenvalue weighted by atomic mass is 9.57. The van der Waals surface area contributed by atoms with Gasteiger partial charge in [-0.15, -0.1) is 0 Å². The molecule has 23 heavy (non-hydrogen) atoms. The van der Waals surface area contributed by atoms with Crippen LogP contribution in [0.2, 0.25) is 0 Å². The fourth-order valence-corrected chi connectivity index (χ4v) is 4.43. The van der Waals surface area contributed by atoms with Crippen LogP contribution >= 0.6 is 0 Å². The van der Waals surface area contributed by atoms with Crippen molar-refractivity contribution in [1.82, 2.24) is 20.0 Å². The van der Waals surface area contributed by atoms with Gasteiger partial charge >= 0.3 is 0 Å². The zero-order valence-corrected chi connectivity index (χ0v) is 15.2. The fraction of sp³-hybridized carbons (Fsp3) is 0.944. The minimum Gasteiger partial charge on any atom is -0.356 e. The molecule has 2 saturated heterocycles. The third-order valence-electron chi connectivity index (χ3n) is 5.98. The highest BCUT2D eigenvalue weighted by atomic mass is 16.1. The van der Waals surface area contributed by atoms with Crippen molar-refractivity contribution in [2.45, 2.75) is 26.7 Å². The van der Waals surface area contributed by atoms with Crippen LogP contribution < -0.4 is 5.32 Å². The molecule has 2 heterocycles. The van der Waals surface area contributed by atoms with Crippen molar-refractivity contribution < 1.29 is 4.79 Å². The summed E-state index contributed by atoms with van der Waals surface area (Å²) in [6.45, 7) is 14.7. The van der Waals surface area contributed by atoms with Crippen LogP contribution in [0.25, 0.3) is 0 Å². The molecule has 0 aromatic carbocycles. The van der Waals surface area contributed by atoms with E-state index in [1.807, 2.05) is 13.8 Å². The Labute approximate surface area is 141 Å². The van der Waals surface area contributed by atoms with Gasteiger partial charge in [-0.05, 0) is 31.2 Å². The topological polar surface area (TPSA) is 38.8 Å². The second kappa shape index (κ2) is 7.08. The standard InChI is InChI=1S/C18H34N4O/c1-15(2)17(23)19-12-16-10-18(11-16)13-22(14-18)9-8-21-6-4-20(3)5-7-21/h15-16H,4-14H2,1-3H3,(H,19,23). The Balaban J connectivity index is 1.25. The van der Waals surface area contributed by atoms with Crippen LogP contribution in [0.15, 0.2) is 0 Å². The summed E-state index contributed by atoms with van der Waals surface area (Å²) in [7, 11) is 2.22. The summed E-state index contributed by atoms with van der Waals surface area (Å²) in [6, 6.07) is 0. The molecule has 0 unspecified atom stereocenters. The third kappa shape index (κ3) is 4.25. The molecule has 3 aliphatic rings. The second-order valence-corrected chi connectivity index (χ2v) is 8.53. The molecule has 0 radical (unpaired) electrons. The maximum absolute atomic E-state index is 11.6. The number of nitrogens with one attached hydrogen (secondary N) is 1. The second-order valence-electron chi connectivity index (χ2n) is 8.53. The predicted octanol–water partition coefficient (Wildman–Crippen LogP) is 0.718. The molecule has 2 aliphatic heterocycles. The number of carbonyl (C=O) groups is 1. The predicted molar refractivity (Wildman–Crippen MR) is 93.4 cm³/mol. The molecule has 3 fully saturated rings. The van der Waals surface area contributed by atoms with Crippen molar-refractivity contribution in [3.63, 3.8) is 0 Å². The van der Waals surface area contributed by atoms with Crippen molar-refractivity contribution in [3.05, 3.63) is 0 Å². The summed E-state index contributed by atoms with van der Waals surface area (Å²) in [5.41, 5.74) is 0.606. The van der Waals surface area contributed by atoms with Crippen molar-refractivity contribution in [1.29, 1.82) is 0 Å². The van der Waals surface area contributed by atoms with E-state index in [9.17, 15) is 4.79 Å². The zero-order chi connectivity index (χ0) is 16.4. The SMILES string of the molecule is CC(C)C(=O)NCC1CC2(C1)CN(CCN1CCN(C)CC1)C2. The summed E-state index contributed by atoms with van der Waals surface area (Å²) in [4.78, 5) is 19.3. The first-order chi connectivity index (χ1) is 11.0. The van der Waals surface area contributed by atoms with E-state index in [0.717, 1.165) is 12.5 Å². The average Bonchev–Trinajstić information content (AvgIpc) is 2.44. The normalized spacial score (nSPS) is 26.3. The summed E-state index contributed by atoms with van der Waals surface area (Å²) in [6.07, 6.45) is 2.63. The summed E-state index contributed by atoms with van der Waals surface area (Å²) >= 11 is 0. The number of rotatable bonds is 6. The van der Waals surface area contributed by atoms with Gasteiger partial charge in [-0.25, -0.2) is 0 Å². The average molecular weight is 322 g/mol. The Morgan fingerprint density at radius 3 is 2.30 bits per heavy atom. The van der Waals surface area contributed by atoms with Crippen LogP contribution in [-0.2, 0) is 4.79 Å². The van der Waals surface area contributed by atoms with Crippen molar-refractivity contribution in [3.8, 4) is 0 Å². The molecule has 1 amide bonds. The van der Waals surface area contributed by atoms with Crippen molar-refractivity contribution >= 4 is 5.91 Å². The largest absolute Gasteiger partial charge is 0.356 e. The zero-order valence-electron chi connectivity index (χ0n) is 15.2. The highest BCUT2D eigenvalue weighted by Crippen LogP contribution is 2.51. The number of hydrogen-bond acceptors (Lipinski definition) is 4. The van der Waals surface area contributed by atoms with Gasteiger partial charge in [0.15, 0.2) is 0 Å². The lowest BCUT2D eigenvalue weighted by Crippen LogP contribution is -2.64. The van der Waals surface area contributed by atoms with Gasteiger partial charge in [-0.1, -0.05) is 13.8 Å². The molecule has 0 atom stereocenters. The number of piperazine rings is 1. The number of amides is 1. The van der Waals surface area contributed by atoms with Gasteiger partial charge in [0, 0.05) is 64.8 Å². The van der Waals surface area contributed by atoms with Gasteiger partial charge in [-0.3, -0.25) is 9.69 Å². The smallest absolute Gasteiger partial charge is 0.222 e. The van der Waals surface area contributed by atoms with E-state index in [0.29, 0.717) is 5.41 Å². The molecule has 5 nitrogen and oxygen atoms in total. The number of hydrogen-bond donors (Lipinski definition) is 1. The van der Waals surface area contributed by atoms with Crippen LogP contribution in [0.5, 0.6) is 0 Å². The van der Waals surface area contributed by atoms with Crippen LogP contribution in [-0.4, -0.2) is 86.6 Å². The lowest BCUT2D eigenvalue weighted by Gasteiger charge is -2.59. The molecule has 132 valence electrons. The molecular weight excluding hydrogens is 288 g/mol. The Hall–Kier alpha value is -0.650. The molecule has 0 aromatic rings. The highest BCUT2D eigenvalue weighted by Gasteiger charge is 2.51. The third-order valence-corrected chi connectivity index (χ3v) is 5.98. The fourth-order valence-electron chi connectivity index (χ4n) is 4.43. The Kier molecular flexibility index (Phi) is 5.29. The molecular formula is C18H34N4O. The maximum atomic E-state index is 11.6. The van der Waals surface area contributed by atoms with Crippen LogP contribution in [0.3, 0.4) is 0 Å². The molecule has 1 aliphatic carbocycles. The lowest BCUT2D eigenvalue weighted by molar-refractivity contribution is -0.126. The van der Waals surface area contributed by atoms with Gasteiger partial charge in [0.1, 0.15) is 0 Å². The minimum atomic E-state index is 0.109. The van der Waals surface area contributed by atoms with Crippen LogP contribution in [0.1, 0.15) is 26.7 Å². The van der Waals surface area contributed by atoms with E-state index in [1.54, 1.807) is 0 Å². The van der Waals surface area contributed by atoms with Gasteiger partial charge in [-0.2, -0.15) is 0 Å². The van der Waals surface area contributed by atoms with E-state index in [-0.39, 0.29) is 11.8 Å². The number of nitrogens with zero attached hydrogens (tertiary/aromatic N) is 3. The first-order valence-electron chi connectivity index (χ1n) is 9.37. The maximum Gasteiger partial charge on any atom is 0.222 e. The Bertz CT molecular complexity index is 403. The van der Waals surface area contributed by atoms with Crippen molar-refractivity contribution in [2.75, 3.05) is 66.0 Å². The molecule has 3 rings (SSSR count). The van der Waals surface area contributed by atoms with Gasteiger partial charge in [0.2, 0.25) is 5.91 Å². The van der Waals surface area contributed by atoms with Gasteiger partial charge in [0.05, 0.1) is 0 Å². The minimum absolute atomic E-state index is 0.109. The molecule has 5 heteroatoms. The first kappa shape index (κ1) is 17.2.